The number of carbonyl (C=O) groups excluding carboxylic acids is 1. The highest BCUT2D eigenvalue weighted by Crippen LogP contribution is 2.29. The molecule has 0 saturated carbocycles. The number of amides is 1. The summed E-state index contributed by atoms with van der Waals surface area (Å²) in [7, 11) is -1.93. The average Bonchev–Trinajstić information content (AvgIpc) is 3.19. The third-order valence-corrected chi connectivity index (χ3v) is 6.96. The number of aliphatic carboxylic acids is 1. The molecule has 8 nitrogen and oxygen atoms in total. The molecule has 0 bridgehead atoms. The van der Waals surface area contributed by atoms with Crippen molar-refractivity contribution in [1.29, 1.82) is 0 Å². The van der Waals surface area contributed by atoms with Crippen molar-refractivity contribution in [1.82, 2.24) is 9.21 Å². The predicted molar refractivity (Wildman–Crippen MR) is 91.6 cm³/mol. The lowest BCUT2D eigenvalue weighted by Crippen LogP contribution is -2.50. The second-order valence-corrected chi connectivity index (χ2v) is 8.82. The van der Waals surface area contributed by atoms with E-state index in [0.29, 0.717) is 38.8 Å². The molecule has 2 aliphatic rings. The Labute approximate surface area is 149 Å². The van der Waals surface area contributed by atoms with Crippen LogP contribution in [-0.2, 0) is 24.3 Å². The number of hydrogen-bond donors (Lipinski definition) is 1. The molecule has 3 unspecified atom stereocenters. The van der Waals surface area contributed by atoms with E-state index >= 15 is 0 Å². The van der Waals surface area contributed by atoms with E-state index in [1.165, 1.54) is 16.3 Å². The molecule has 1 amide bonds. The number of unbranched alkanes of at least 4 members (excludes halogenated alkanes) is 1. The first-order valence-electron chi connectivity index (χ1n) is 8.84. The fraction of sp³-hybridized carbons (Fsp3) is 0.875. The van der Waals surface area contributed by atoms with Gasteiger partial charge in [-0.15, -0.1) is 0 Å². The molecule has 2 saturated heterocycles. The third kappa shape index (κ3) is 4.71. The summed E-state index contributed by atoms with van der Waals surface area (Å²) in [6.45, 7) is 2.59. The zero-order valence-corrected chi connectivity index (χ0v) is 15.7. The highest BCUT2D eigenvalue weighted by molar-refractivity contribution is 7.89. The fourth-order valence-corrected chi connectivity index (χ4v) is 5.54. The smallest absolute Gasteiger partial charge is 0.305 e. The van der Waals surface area contributed by atoms with Gasteiger partial charge in [-0.2, -0.15) is 4.31 Å². The van der Waals surface area contributed by atoms with Crippen molar-refractivity contribution in [2.45, 2.75) is 63.6 Å². The molecule has 25 heavy (non-hydrogen) atoms. The van der Waals surface area contributed by atoms with Crippen LogP contribution < -0.4 is 0 Å². The van der Waals surface area contributed by atoms with E-state index in [2.05, 4.69) is 0 Å². The second kappa shape index (κ2) is 8.46. The van der Waals surface area contributed by atoms with Gasteiger partial charge in [0.1, 0.15) is 6.04 Å². The van der Waals surface area contributed by atoms with E-state index in [0.717, 1.165) is 6.42 Å². The van der Waals surface area contributed by atoms with Gasteiger partial charge in [-0.05, 0) is 25.7 Å². The first kappa shape index (κ1) is 20.1. The summed E-state index contributed by atoms with van der Waals surface area (Å²) in [5.74, 6) is -1.21. The van der Waals surface area contributed by atoms with Crippen LogP contribution in [0.2, 0.25) is 0 Å². The standard InChI is InChI=1S/C16H28N2O6S/c1-3-4-8-25(22,23)18-7-5-6-14(18)16(21)17-11-13(24-2)9-12(17)10-15(19)20/h12-14H,3-11H2,1-2H3,(H,19,20). The molecule has 0 aromatic rings. The van der Waals surface area contributed by atoms with Gasteiger partial charge in [0.15, 0.2) is 0 Å². The lowest BCUT2D eigenvalue weighted by Gasteiger charge is -2.30. The highest BCUT2D eigenvalue weighted by Gasteiger charge is 2.44. The van der Waals surface area contributed by atoms with Crippen molar-refractivity contribution in [3.8, 4) is 0 Å². The van der Waals surface area contributed by atoms with Gasteiger partial charge >= 0.3 is 5.97 Å². The summed E-state index contributed by atoms with van der Waals surface area (Å²) < 4.78 is 31.7. The highest BCUT2D eigenvalue weighted by atomic mass is 32.2. The summed E-state index contributed by atoms with van der Waals surface area (Å²) in [6, 6.07) is -1.16. The van der Waals surface area contributed by atoms with Crippen molar-refractivity contribution in [2.75, 3.05) is 26.0 Å². The fourth-order valence-electron chi connectivity index (χ4n) is 3.66. The molecule has 2 aliphatic heterocycles. The van der Waals surface area contributed by atoms with Crippen LogP contribution in [0.4, 0.5) is 0 Å². The SMILES string of the molecule is CCCCS(=O)(=O)N1CCCC1C(=O)N1CC(OC)CC1CC(=O)O. The second-order valence-electron chi connectivity index (χ2n) is 6.77. The lowest BCUT2D eigenvalue weighted by atomic mass is 10.1. The Balaban J connectivity index is 2.15. The van der Waals surface area contributed by atoms with E-state index in [1.54, 1.807) is 0 Å². The number of likely N-dealkylation sites (tertiary alicyclic amines) is 1. The van der Waals surface area contributed by atoms with Gasteiger partial charge in [0.25, 0.3) is 0 Å². The van der Waals surface area contributed by atoms with Crippen LogP contribution in [0.1, 0.15) is 45.4 Å². The summed E-state index contributed by atoms with van der Waals surface area (Å²) in [6.07, 6.45) is 2.57. The molecular weight excluding hydrogens is 348 g/mol. The molecule has 0 spiro atoms. The zero-order valence-electron chi connectivity index (χ0n) is 14.9. The van der Waals surface area contributed by atoms with Crippen molar-refractivity contribution in [3.05, 3.63) is 0 Å². The van der Waals surface area contributed by atoms with Crippen LogP contribution in [0.15, 0.2) is 0 Å². The number of carbonyl (C=O) groups is 2. The summed E-state index contributed by atoms with van der Waals surface area (Å²) >= 11 is 0. The molecule has 1 N–H and O–H groups in total. The molecule has 0 aromatic carbocycles. The number of methoxy groups -OCH3 is 1. The van der Waals surface area contributed by atoms with Crippen LogP contribution in [0.3, 0.4) is 0 Å². The average molecular weight is 376 g/mol. The van der Waals surface area contributed by atoms with E-state index in [9.17, 15) is 18.0 Å². The number of hydrogen-bond acceptors (Lipinski definition) is 5. The van der Waals surface area contributed by atoms with Gasteiger partial charge in [-0.1, -0.05) is 13.3 Å². The first-order chi connectivity index (χ1) is 11.8. The van der Waals surface area contributed by atoms with Crippen LogP contribution in [0.5, 0.6) is 0 Å². The Bertz CT molecular complexity index is 593. The maximum atomic E-state index is 13.0. The minimum atomic E-state index is -3.47. The quantitative estimate of drug-likeness (QED) is 0.668. The number of ether oxygens (including phenoxy) is 1. The summed E-state index contributed by atoms with van der Waals surface area (Å²) in [4.78, 5) is 25.6. The van der Waals surface area contributed by atoms with Gasteiger partial charge < -0.3 is 14.7 Å². The van der Waals surface area contributed by atoms with Crippen molar-refractivity contribution < 1.29 is 27.9 Å². The monoisotopic (exact) mass is 376 g/mol. The number of sulfonamides is 1. The third-order valence-electron chi connectivity index (χ3n) is 5.00. The summed E-state index contributed by atoms with van der Waals surface area (Å²) in [5, 5.41) is 9.09. The minimum Gasteiger partial charge on any atom is -0.481 e. The molecular formula is C16H28N2O6S. The van der Waals surface area contributed by atoms with Crippen LogP contribution in [-0.4, -0.2) is 78.7 Å². The molecule has 144 valence electrons. The topological polar surface area (TPSA) is 104 Å². The molecule has 9 heteroatoms. The van der Waals surface area contributed by atoms with Crippen molar-refractivity contribution >= 4 is 21.9 Å². The molecule has 2 fully saturated rings. The van der Waals surface area contributed by atoms with Crippen molar-refractivity contribution in [2.24, 2.45) is 0 Å². The number of carboxylic acid groups (broad SMARTS) is 1. The van der Waals surface area contributed by atoms with Gasteiger partial charge in [0, 0.05) is 26.2 Å². The van der Waals surface area contributed by atoms with Gasteiger partial charge in [0.05, 0.1) is 18.3 Å². The maximum Gasteiger partial charge on any atom is 0.305 e. The van der Waals surface area contributed by atoms with Crippen LogP contribution in [0, 0.1) is 0 Å². The molecule has 2 heterocycles. The number of nitrogens with zero attached hydrogens (tertiary/aromatic N) is 2. The zero-order chi connectivity index (χ0) is 18.6. The Morgan fingerprint density at radius 1 is 1.32 bits per heavy atom. The Hall–Kier alpha value is -1.19. The van der Waals surface area contributed by atoms with Crippen molar-refractivity contribution in [3.63, 3.8) is 0 Å². The molecule has 2 rings (SSSR count). The van der Waals surface area contributed by atoms with E-state index < -0.39 is 28.1 Å². The van der Waals surface area contributed by atoms with E-state index in [1.807, 2.05) is 6.92 Å². The van der Waals surface area contributed by atoms with Crippen LogP contribution in [0.25, 0.3) is 0 Å². The molecule has 3 atom stereocenters. The minimum absolute atomic E-state index is 0.0481. The largest absolute Gasteiger partial charge is 0.481 e. The van der Waals surface area contributed by atoms with E-state index in [-0.39, 0.29) is 24.2 Å². The number of rotatable bonds is 8. The van der Waals surface area contributed by atoms with Gasteiger partial charge in [-0.25, -0.2) is 8.42 Å². The Kier molecular flexibility index (Phi) is 6.81. The Morgan fingerprint density at radius 2 is 2.04 bits per heavy atom. The predicted octanol–water partition coefficient (Wildman–Crippen LogP) is 0.671. The normalized spacial score (nSPS) is 27.8. The molecule has 0 radical (unpaired) electrons. The lowest BCUT2D eigenvalue weighted by molar-refractivity contribution is -0.141. The molecule has 0 aliphatic carbocycles. The Morgan fingerprint density at radius 3 is 2.64 bits per heavy atom. The summed E-state index contributed by atoms with van der Waals surface area (Å²) in [5.41, 5.74) is 0. The van der Waals surface area contributed by atoms with Gasteiger partial charge in [0.2, 0.25) is 15.9 Å². The number of carboxylic acids is 1. The first-order valence-corrected chi connectivity index (χ1v) is 10.5. The molecule has 0 aromatic heterocycles. The van der Waals surface area contributed by atoms with Crippen LogP contribution >= 0.6 is 0 Å². The van der Waals surface area contributed by atoms with E-state index in [4.69, 9.17) is 9.84 Å². The maximum absolute atomic E-state index is 13.0. The van der Waals surface area contributed by atoms with Gasteiger partial charge in [-0.3, -0.25) is 9.59 Å².